The summed E-state index contributed by atoms with van der Waals surface area (Å²) in [5, 5.41) is 13.7. The highest BCUT2D eigenvalue weighted by atomic mass is 19.1. The minimum atomic E-state index is -0.809. The number of hydrogen-bond acceptors (Lipinski definition) is 3. The van der Waals surface area contributed by atoms with Crippen molar-refractivity contribution >= 4 is 0 Å². The van der Waals surface area contributed by atoms with Crippen LogP contribution in [-0.2, 0) is 11.2 Å². The SMILES string of the molecule is CC(O)(Cc1ccc(F)cc1)CC1COCCN1. The highest BCUT2D eigenvalue weighted by molar-refractivity contribution is 5.18. The first-order valence-corrected chi connectivity index (χ1v) is 6.33. The largest absolute Gasteiger partial charge is 0.390 e. The fraction of sp³-hybridized carbons (Fsp3) is 0.571. The summed E-state index contributed by atoms with van der Waals surface area (Å²) in [7, 11) is 0. The zero-order valence-electron chi connectivity index (χ0n) is 10.7. The Kier molecular flexibility index (Phi) is 4.32. The summed E-state index contributed by atoms with van der Waals surface area (Å²) in [5.41, 5.74) is 0.133. The molecule has 100 valence electrons. The van der Waals surface area contributed by atoms with Crippen molar-refractivity contribution in [3.05, 3.63) is 35.6 Å². The van der Waals surface area contributed by atoms with Crippen LogP contribution in [0.4, 0.5) is 4.39 Å². The quantitative estimate of drug-likeness (QED) is 0.854. The van der Waals surface area contributed by atoms with Gasteiger partial charge in [-0.15, -0.1) is 0 Å². The molecule has 2 N–H and O–H groups in total. The maximum Gasteiger partial charge on any atom is 0.123 e. The van der Waals surface area contributed by atoms with Gasteiger partial charge in [0.2, 0.25) is 0 Å². The van der Waals surface area contributed by atoms with Gasteiger partial charge in [0.05, 0.1) is 18.8 Å². The summed E-state index contributed by atoms with van der Waals surface area (Å²) < 4.78 is 18.2. The van der Waals surface area contributed by atoms with E-state index in [0.717, 1.165) is 18.7 Å². The summed E-state index contributed by atoms with van der Waals surface area (Å²) in [5.74, 6) is -0.249. The predicted molar refractivity (Wildman–Crippen MR) is 68.0 cm³/mol. The van der Waals surface area contributed by atoms with Crippen molar-refractivity contribution < 1.29 is 14.2 Å². The second kappa shape index (κ2) is 5.78. The van der Waals surface area contributed by atoms with Crippen LogP contribution in [0.5, 0.6) is 0 Å². The molecule has 0 saturated carbocycles. The maximum atomic E-state index is 12.8. The number of benzene rings is 1. The Morgan fingerprint density at radius 1 is 1.44 bits per heavy atom. The van der Waals surface area contributed by atoms with Gasteiger partial charge in [-0.3, -0.25) is 0 Å². The van der Waals surface area contributed by atoms with E-state index in [2.05, 4.69) is 5.32 Å². The zero-order chi connectivity index (χ0) is 13.0. The molecule has 2 unspecified atom stereocenters. The van der Waals surface area contributed by atoms with Crippen LogP contribution in [0.1, 0.15) is 18.9 Å². The van der Waals surface area contributed by atoms with Gasteiger partial charge in [-0.25, -0.2) is 4.39 Å². The maximum absolute atomic E-state index is 12.8. The van der Waals surface area contributed by atoms with E-state index in [-0.39, 0.29) is 11.9 Å². The molecule has 1 aromatic carbocycles. The van der Waals surface area contributed by atoms with E-state index in [4.69, 9.17) is 4.74 Å². The van der Waals surface area contributed by atoms with Gasteiger partial charge in [0.15, 0.2) is 0 Å². The van der Waals surface area contributed by atoms with Crippen LogP contribution in [0, 0.1) is 5.82 Å². The predicted octanol–water partition coefficient (Wildman–Crippen LogP) is 1.50. The molecular formula is C14H20FNO2. The van der Waals surface area contributed by atoms with E-state index in [9.17, 15) is 9.50 Å². The molecule has 2 atom stereocenters. The highest BCUT2D eigenvalue weighted by Gasteiger charge is 2.27. The molecule has 0 spiro atoms. The van der Waals surface area contributed by atoms with Crippen LogP contribution in [0.25, 0.3) is 0 Å². The van der Waals surface area contributed by atoms with Gasteiger partial charge in [-0.2, -0.15) is 0 Å². The van der Waals surface area contributed by atoms with Crippen LogP contribution in [0.3, 0.4) is 0 Å². The second-order valence-corrected chi connectivity index (χ2v) is 5.23. The molecule has 0 bridgehead atoms. The first kappa shape index (κ1) is 13.5. The third-order valence-electron chi connectivity index (χ3n) is 3.18. The average molecular weight is 253 g/mol. The standard InChI is InChI=1S/C14H20FNO2/c1-14(17,9-13-10-18-7-6-16-13)8-11-2-4-12(15)5-3-11/h2-5,13,16-17H,6-10H2,1H3. The highest BCUT2D eigenvalue weighted by Crippen LogP contribution is 2.20. The van der Waals surface area contributed by atoms with E-state index >= 15 is 0 Å². The fourth-order valence-electron chi connectivity index (χ4n) is 2.40. The average Bonchev–Trinajstić information content (AvgIpc) is 2.32. The number of morpholine rings is 1. The molecule has 0 radical (unpaired) electrons. The van der Waals surface area contributed by atoms with Crippen molar-refractivity contribution in [2.24, 2.45) is 0 Å². The van der Waals surface area contributed by atoms with Gasteiger partial charge in [0, 0.05) is 19.0 Å². The first-order valence-electron chi connectivity index (χ1n) is 6.33. The molecule has 0 aromatic heterocycles. The minimum Gasteiger partial charge on any atom is -0.390 e. The number of hydrogen-bond donors (Lipinski definition) is 2. The summed E-state index contributed by atoms with van der Waals surface area (Å²) in [6, 6.07) is 6.47. The second-order valence-electron chi connectivity index (χ2n) is 5.23. The lowest BCUT2D eigenvalue weighted by Gasteiger charge is -2.31. The molecule has 1 aliphatic rings. The Balaban J connectivity index is 1.91. The summed E-state index contributed by atoms with van der Waals surface area (Å²) in [6.45, 7) is 4.01. The molecule has 18 heavy (non-hydrogen) atoms. The molecular weight excluding hydrogens is 233 g/mol. The molecule has 4 heteroatoms. The van der Waals surface area contributed by atoms with Crippen LogP contribution in [0.15, 0.2) is 24.3 Å². The lowest BCUT2D eigenvalue weighted by atomic mass is 9.90. The van der Waals surface area contributed by atoms with E-state index < -0.39 is 5.60 Å². The lowest BCUT2D eigenvalue weighted by Crippen LogP contribution is -2.46. The van der Waals surface area contributed by atoms with E-state index in [1.54, 1.807) is 12.1 Å². The molecule has 0 aliphatic carbocycles. The van der Waals surface area contributed by atoms with Gasteiger partial charge in [0.1, 0.15) is 5.82 Å². The first-order chi connectivity index (χ1) is 8.55. The number of ether oxygens (including phenoxy) is 1. The molecule has 2 rings (SSSR count). The van der Waals surface area contributed by atoms with Gasteiger partial charge >= 0.3 is 0 Å². The fourth-order valence-corrected chi connectivity index (χ4v) is 2.40. The minimum absolute atomic E-state index is 0.189. The van der Waals surface area contributed by atoms with Gasteiger partial charge in [-0.05, 0) is 31.0 Å². The van der Waals surface area contributed by atoms with Crippen molar-refractivity contribution in [2.45, 2.75) is 31.4 Å². The van der Waals surface area contributed by atoms with Crippen LogP contribution < -0.4 is 5.32 Å². The van der Waals surface area contributed by atoms with Crippen LogP contribution >= 0.6 is 0 Å². The monoisotopic (exact) mass is 253 g/mol. The molecule has 1 heterocycles. The number of nitrogens with one attached hydrogen (secondary N) is 1. The summed E-state index contributed by atoms with van der Waals surface area (Å²) >= 11 is 0. The van der Waals surface area contributed by atoms with Crippen molar-refractivity contribution in [1.29, 1.82) is 0 Å². The third-order valence-corrected chi connectivity index (χ3v) is 3.18. The smallest absolute Gasteiger partial charge is 0.123 e. The number of halogens is 1. The Morgan fingerprint density at radius 3 is 2.78 bits per heavy atom. The van der Waals surface area contributed by atoms with Crippen LogP contribution in [-0.4, -0.2) is 36.5 Å². The molecule has 0 amide bonds. The lowest BCUT2D eigenvalue weighted by molar-refractivity contribution is 0.00650. The van der Waals surface area contributed by atoms with Crippen LogP contribution in [0.2, 0.25) is 0 Å². The number of aliphatic hydroxyl groups is 1. The molecule has 3 nitrogen and oxygen atoms in total. The summed E-state index contributed by atoms with van der Waals surface area (Å²) in [4.78, 5) is 0. The van der Waals surface area contributed by atoms with Crippen molar-refractivity contribution in [1.82, 2.24) is 5.32 Å². The number of rotatable bonds is 4. The van der Waals surface area contributed by atoms with E-state index in [0.29, 0.717) is 19.4 Å². The van der Waals surface area contributed by atoms with Crippen molar-refractivity contribution in [2.75, 3.05) is 19.8 Å². The third kappa shape index (κ3) is 4.05. The molecule has 1 saturated heterocycles. The Hall–Kier alpha value is -0.970. The van der Waals surface area contributed by atoms with Crippen molar-refractivity contribution in [3.63, 3.8) is 0 Å². The van der Waals surface area contributed by atoms with E-state index in [1.807, 2.05) is 6.92 Å². The topological polar surface area (TPSA) is 41.5 Å². The Morgan fingerprint density at radius 2 is 2.17 bits per heavy atom. The molecule has 1 aliphatic heterocycles. The zero-order valence-corrected chi connectivity index (χ0v) is 10.7. The Labute approximate surface area is 107 Å². The van der Waals surface area contributed by atoms with Gasteiger partial charge < -0.3 is 15.2 Å². The molecule has 1 fully saturated rings. The summed E-state index contributed by atoms with van der Waals surface area (Å²) in [6.07, 6.45) is 1.15. The molecule has 1 aromatic rings. The normalized spacial score (nSPS) is 23.6. The van der Waals surface area contributed by atoms with Gasteiger partial charge in [0.25, 0.3) is 0 Å². The van der Waals surface area contributed by atoms with Gasteiger partial charge in [-0.1, -0.05) is 12.1 Å². The van der Waals surface area contributed by atoms with Crippen molar-refractivity contribution in [3.8, 4) is 0 Å². The Bertz CT molecular complexity index is 372. The van der Waals surface area contributed by atoms with E-state index in [1.165, 1.54) is 12.1 Å².